The zero-order valence-electron chi connectivity index (χ0n) is 13.6. The number of carbonyl (C=O) groups excluding carboxylic acids is 2. The third-order valence-corrected chi connectivity index (χ3v) is 6.56. The van der Waals surface area contributed by atoms with Gasteiger partial charge in [0.25, 0.3) is 0 Å². The number of ketones is 1. The van der Waals surface area contributed by atoms with Crippen LogP contribution in [0, 0.1) is 29.1 Å². The van der Waals surface area contributed by atoms with Crippen molar-refractivity contribution in [2.75, 3.05) is 0 Å². The molecule has 3 nitrogen and oxygen atoms in total. The molecule has 0 spiro atoms. The van der Waals surface area contributed by atoms with Crippen molar-refractivity contribution in [3.05, 3.63) is 0 Å². The maximum atomic E-state index is 12.2. The summed E-state index contributed by atoms with van der Waals surface area (Å²) in [5, 5.41) is 0. The molecule has 0 amide bonds. The van der Waals surface area contributed by atoms with Gasteiger partial charge in [-0.25, -0.2) is 0 Å². The van der Waals surface area contributed by atoms with Gasteiger partial charge in [-0.3, -0.25) is 9.59 Å². The zero-order valence-corrected chi connectivity index (χ0v) is 13.6. The lowest BCUT2D eigenvalue weighted by molar-refractivity contribution is -0.144. The van der Waals surface area contributed by atoms with Crippen molar-refractivity contribution in [1.29, 1.82) is 0 Å². The molecule has 1 unspecified atom stereocenters. The molecule has 2 aliphatic carbocycles. The Labute approximate surface area is 127 Å². The van der Waals surface area contributed by atoms with E-state index in [0.29, 0.717) is 23.5 Å². The van der Waals surface area contributed by atoms with Crippen molar-refractivity contribution >= 4 is 11.8 Å². The third-order valence-electron chi connectivity index (χ3n) is 6.56. The largest absolute Gasteiger partial charge is 0.462 e. The molecule has 3 fully saturated rings. The van der Waals surface area contributed by atoms with Gasteiger partial charge in [0.05, 0.1) is 5.92 Å². The van der Waals surface area contributed by atoms with Gasteiger partial charge in [0.2, 0.25) is 0 Å². The van der Waals surface area contributed by atoms with Crippen LogP contribution in [0.3, 0.4) is 0 Å². The number of rotatable bonds is 3. The Kier molecular flexibility index (Phi) is 3.87. The fraction of sp³-hybridized carbons (Fsp3) is 0.889. The minimum absolute atomic E-state index is 0.0319. The van der Waals surface area contributed by atoms with Crippen molar-refractivity contribution in [3.8, 4) is 0 Å². The fourth-order valence-electron chi connectivity index (χ4n) is 5.45. The minimum Gasteiger partial charge on any atom is -0.462 e. The summed E-state index contributed by atoms with van der Waals surface area (Å²) < 4.78 is 5.49. The molecular weight excluding hydrogens is 264 g/mol. The van der Waals surface area contributed by atoms with E-state index in [0.717, 1.165) is 32.1 Å². The summed E-state index contributed by atoms with van der Waals surface area (Å²) in [6, 6.07) is 0. The number of hydrogen-bond acceptors (Lipinski definition) is 3. The first-order valence-corrected chi connectivity index (χ1v) is 8.65. The molecule has 118 valence electrons. The van der Waals surface area contributed by atoms with E-state index >= 15 is 0 Å². The quantitative estimate of drug-likeness (QED) is 0.744. The average molecular weight is 292 g/mol. The Bertz CT molecular complexity index is 444. The van der Waals surface area contributed by atoms with E-state index in [9.17, 15) is 9.59 Å². The van der Waals surface area contributed by atoms with E-state index in [1.165, 1.54) is 12.8 Å². The summed E-state index contributed by atoms with van der Waals surface area (Å²) in [5.74, 6) is 1.97. The van der Waals surface area contributed by atoms with Gasteiger partial charge in [-0.15, -0.1) is 0 Å². The van der Waals surface area contributed by atoms with Gasteiger partial charge in [-0.05, 0) is 55.8 Å². The van der Waals surface area contributed by atoms with Gasteiger partial charge in [-0.2, -0.15) is 0 Å². The predicted octanol–water partition coefficient (Wildman–Crippen LogP) is 3.75. The second kappa shape index (κ2) is 5.40. The molecule has 1 aliphatic heterocycles. The normalized spacial score (nSPS) is 44.5. The van der Waals surface area contributed by atoms with Gasteiger partial charge < -0.3 is 4.74 Å². The second-order valence-electron chi connectivity index (χ2n) is 7.97. The molecule has 1 heterocycles. The minimum atomic E-state index is -0.0319. The molecule has 1 saturated heterocycles. The highest BCUT2D eigenvalue weighted by Gasteiger charge is 2.52. The third kappa shape index (κ3) is 2.53. The number of cyclic esters (lactones) is 1. The highest BCUT2D eigenvalue weighted by atomic mass is 16.5. The Hall–Kier alpha value is -0.860. The highest BCUT2D eigenvalue weighted by molar-refractivity contribution is 5.83. The van der Waals surface area contributed by atoms with Crippen LogP contribution in [0.1, 0.15) is 65.7 Å². The van der Waals surface area contributed by atoms with Gasteiger partial charge in [-0.1, -0.05) is 20.8 Å². The van der Waals surface area contributed by atoms with Crippen LogP contribution < -0.4 is 0 Å². The van der Waals surface area contributed by atoms with Crippen LogP contribution in [0.25, 0.3) is 0 Å². The van der Waals surface area contributed by atoms with Crippen LogP contribution in [0.2, 0.25) is 0 Å². The Morgan fingerprint density at radius 1 is 1.33 bits per heavy atom. The first kappa shape index (κ1) is 15.1. The van der Waals surface area contributed by atoms with Crippen LogP contribution in [-0.2, 0) is 14.3 Å². The molecule has 0 aromatic rings. The van der Waals surface area contributed by atoms with Crippen LogP contribution in [-0.4, -0.2) is 17.9 Å². The van der Waals surface area contributed by atoms with Crippen LogP contribution in [0.15, 0.2) is 0 Å². The van der Waals surface area contributed by atoms with E-state index in [1.807, 2.05) is 6.92 Å². The molecular formula is C18H28O3. The van der Waals surface area contributed by atoms with E-state index in [1.54, 1.807) is 0 Å². The smallest absolute Gasteiger partial charge is 0.309 e. The lowest BCUT2D eigenvalue weighted by Crippen LogP contribution is -2.39. The number of Topliss-reactive ketones (excluding diaryl/α,β-unsaturated/α-hetero) is 1. The molecule has 0 N–H and O–H groups in total. The van der Waals surface area contributed by atoms with E-state index < -0.39 is 0 Å². The van der Waals surface area contributed by atoms with Gasteiger partial charge >= 0.3 is 5.97 Å². The lowest BCUT2D eigenvalue weighted by Gasteiger charge is -2.42. The van der Waals surface area contributed by atoms with Crippen LogP contribution in [0.4, 0.5) is 0 Å². The number of esters is 1. The maximum absolute atomic E-state index is 12.2. The average Bonchev–Trinajstić information content (AvgIpc) is 2.91. The molecule has 0 aromatic carbocycles. The predicted molar refractivity (Wildman–Crippen MR) is 80.6 cm³/mol. The molecule has 0 aromatic heterocycles. The van der Waals surface area contributed by atoms with Gasteiger partial charge in [0.1, 0.15) is 11.9 Å². The molecule has 6 atom stereocenters. The first-order valence-electron chi connectivity index (χ1n) is 8.65. The monoisotopic (exact) mass is 292 g/mol. The highest BCUT2D eigenvalue weighted by Crippen LogP contribution is 2.57. The van der Waals surface area contributed by atoms with E-state index in [2.05, 4.69) is 13.8 Å². The molecule has 0 bridgehead atoms. The number of carbonyl (C=O) groups is 2. The number of hydrogen-bond donors (Lipinski definition) is 0. The van der Waals surface area contributed by atoms with Crippen molar-refractivity contribution in [3.63, 3.8) is 0 Å². The summed E-state index contributed by atoms with van der Waals surface area (Å²) in [4.78, 5) is 23.8. The topological polar surface area (TPSA) is 43.4 Å². The molecule has 0 radical (unpaired) electrons. The molecule has 3 rings (SSSR count). The molecule has 21 heavy (non-hydrogen) atoms. The molecule has 3 heteroatoms. The van der Waals surface area contributed by atoms with Gasteiger partial charge in [0.15, 0.2) is 0 Å². The van der Waals surface area contributed by atoms with Crippen molar-refractivity contribution in [2.24, 2.45) is 29.1 Å². The standard InChI is InChI=1S/C18H28O3/c1-11(9-13-10-12(2)17(20)21-13)14-6-7-15-16(19)5-4-8-18(14,15)3/h11-15H,4-10H2,1-3H3/t11-,12+,13-,14-,15?,18-/m1/s1. The number of fused-ring (bicyclic) bond motifs is 1. The zero-order chi connectivity index (χ0) is 15.2. The van der Waals surface area contributed by atoms with E-state index in [4.69, 9.17) is 4.74 Å². The first-order chi connectivity index (χ1) is 9.91. The molecule has 2 saturated carbocycles. The van der Waals surface area contributed by atoms with Crippen LogP contribution in [0.5, 0.6) is 0 Å². The molecule has 3 aliphatic rings. The Morgan fingerprint density at radius 3 is 2.76 bits per heavy atom. The summed E-state index contributed by atoms with van der Waals surface area (Å²) in [5.41, 5.74) is 0.197. The SMILES string of the molecule is C[C@H](C[C@@H]1C[C@H](C)C(=O)O1)[C@H]1CCC2C(=O)CCC[C@@]21C. The summed E-state index contributed by atoms with van der Waals surface area (Å²) >= 11 is 0. The van der Waals surface area contributed by atoms with Crippen molar-refractivity contribution < 1.29 is 14.3 Å². The Morgan fingerprint density at radius 2 is 2.10 bits per heavy atom. The Balaban J connectivity index is 1.66. The van der Waals surface area contributed by atoms with Crippen molar-refractivity contribution in [1.82, 2.24) is 0 Å². The fourth-order valence-corrected chi connectivity index (χ4v) is 5.45. The summed E-state index contributed by atoms with van der Waals surface area (Å²) in [6.45, 7) is 6.60. The summed E-state index contributed by atoms with van der Waals surface area (Å²) in [7, 11) is 0. The van der Waals surface area contributed by atoms with Gasteiger partial charge in [0, 0.05) is 12.3 Å². The summed E-state index contributed by atoms with van der Waals surface area (Å²) in [6.07, 6.45) is 7.23. The van der Waals surface area contributed by atoms with Crippen molar-refractivity contribution in [2.45, 2.75) is 71.8 Å². The second-order valence-corrected chi connectivity index (χ2v) is 7.97. The number of ether oxygens (including phenoxy) is 1. The maximum Gasteiger partial charge on any atom is 0.309 e. The van der Waals surface area contributed by atoms with Crippen LogP contribution >= 0.6 is 0 Å². The van der Waals surface area contributed by atoms with E-state index in [-0.39, 0.29) is 23.4 Å². The lowest BCUT2D eigenvalue weighted by atomic mass is 9.62.